The third kappa shape index (κ3) is 17.0. The molecule has 0 spiro atoms. The summed E-state index contributed by atoms with van der Waals surface area (Å²) in [6.45, 7) is 2.21. The fourth-order valence-electron chi connectivity index (χ4n) is 1.43. The molecule has 1 rings (SSSR count). The SMILES string of the molecule is C[N+](C)(C)CCO.C[N+](C)(C)Cc1ccccc1.[OH-].[OH-]. The zero-order valence-corrected chi connectivity index (χ0v) is 13.7. The van der Waals surface area contributed by atoms with Crippen LogP contribution in [0.1, 0.15) is 5.56 Å². The van der Waals surface area contributed by atoms with E-state index in [1.165, 1.54) is 5.56 Å². The number of likely N-dealkylation sites (N-methyl/N-ethyl adjacent to an activating group) is 1. The molecule has 0 saturated heterocycles. The predicted molar refractivity (Wildman–Crippen MR) is 82.0 cm³/mol. The van der Waals surface area contributed by atoms with E-state index in [4.69, 9.17) is 5.11 Å². The second kappa shape index (κ2) is 10.8. The fourth-order valence-corrected chi connectivity index (χ4v) is 1.43. The van der Waals surface area contributed by atoms with Crippen molar-refractivity contribution < 1.29 is 25.0 Å². The number of benzene rings is 1. The van der Waals surface area contributed by atoms with Crippen LogP contribution in [-0.2, 0) is 6.54 Å². The third-order valence-electron chi connectivity index (χ3n) is 2.27. The molecule has 120 valence electrons. The molecule has 0 aromatic heterocycles. The van der Waals surface area contributed by atoms with Gasteiger partial charge in [0.15, 0.2) is 0 Å². The van der Waals surface area contributed by atoms with Crippen LogP contribution in [0.15, 0.2) is 30.3 Å². The van der Waals surface area contributed by atoms with Crippen LogP contribution in [0.25, 0.3) is 0 Å². The highest BCUT2D eigenvalue weighted by Gasteiger charge is 2.06. The lowest BCUT2D eigenvalue weighted by molar-refractivity contribution is -0.884. The summed E-state index contributed by atoms with van der Waals surface area (Å²) in [5, 5.41) is 8.39. The van der Waals surface area contributed by atoms with Gasteiger partial charge in [0, 0.05) is 5.56 Å². The summed E-state index contributed by atoms with van der Waals surface area (Å²) < 4.78 is 1.83. The molecule has 1 aromatic rings. The van der Waals surface area contributed by atoms with Gasteiger partial charge in [-0.2, -0.15) is 0 Å². The first-order valence-electron chi connectivity index (χ1n) is 6.40. The maximum atomic E-state index is 8.39. The molecule has 0 radical (unpaired) electrons. The molecule has 0 heterocycles. The van der Waals surface area contributed by atoms with Crippen LogP contribution >= 0.6 is 0 Å². The summed E-state index contributed by atoms with van der Waals surface area (Å²) in [4.78, 5) is 0. The minimum atomic E-state index is 0. The van der Waals surface area contributed by atoms with Gasteiger partial charge in [0.2, 0.25) is 0 Å². The van der Waals surface area contributed by atoms with Crippen LogP contribution in [0.3, 0.4) is 0 Å². The van der Waals surface area contributed by atoms with E-state index in [1.54, 1.807) is 0 Å². The summed E-state index contributed by atoms with van der Waals surface area (Å²) in [7, 11) is 12.8. The Morgan fingerprint density at radius 1 is 0.800 bits per heavy atom. The average molecular weight is 288 g/mol. The molecule has 3 N–H and O–H groups in total. The topological polar surface area (TPSA) is 80.2 Å². The van der Waals surface area contributed by atoms with Crippen LogP contribution in [-0.4, -0.2) is 80.5 Å². The van der Waals surface area contributed by atoms with Crippen molar-refractivity contribution in [3.8, 4) is 0 Å². The van der Waals surface area contributed by atoms with E-state index in [2.05, 4.69) is 72.6 Å². The number of quaternary nitrogens is 2. The number of hydrogen-bond donors (Lipinski definition) is 1. The minimum absolute atomic E-state index is 0. The molecule has 20 heavy (non-hydrogen) atoms. The van der Waals surface area contributed by atoms with Gasteiger partial charge in [-0.25, -0.2) is 0 Å². The molecular weight excluding hydrogens is 256 g/mol. The molecule has 0 bridgehead atoms. The third-order valence-corrected chi connectivity index (χ3v) is 2.27. The summed E-state index contributed by atoms with van der Waals surface area (Å²) in [6, 6.07) is 10.6. The van der Waals surface area contributed by atoms with Crippen molar-refractivity contribution in [1.82, 2.24) is 0 Å². The molecule has 0 atom stereocenters. The van der Waals surface area contributed by atoms with Gasteiger partial charge in [-0.15, -0.1) is 0 Å². The molecule has 1 aromatic carbocycles. The molecule has 0 unspecified atom stereocenters. The fraction of sp³-hybridized carbons (Fsp3) is 0.600. The van der Waals surface area contributed by atoms with Crippen LogP contribution < -0.4 is 0 Å². The largest absolute Gasteiger partial charge is 0.870 e. The summed E-state index contributed by atoms with van der Waals surface area (Å²) >= 11 is 0. The van der Waals surface area contributed by atoms with E-state index in [0.29, 0.717) is 0 Å². The highest BCUT2D eigenvalue weighted by atomic mass is 16.3. The van der Waals surface area contributed by atoms with Gasteiger partial charge in [0.25, 0.3) is 0 Å². The molecule has 0 aliphatic rings. The second-order valence-corrected chi connectivity index (χ2v) is 6.67. The molecule has 0 aliphatic heterocycles. The summed E-state index contributed by atoms with van der Waals surface area (Å²) in [6.07, 6.45) is 0. The van der Waals surface area contributed by atoms with Crippen molar-refractivity contribution >= 4 is 0 Å². The Kier molecular flexibility index (Phi) is 13.0. The lowest BCUT2D eigenvalue weighted by Crippen LogP contribution is -2.36. The predicted octanol–water partition coefficient (Wildman–Crippen LogP) is 1.22. The standard InChI is InChI=1S/C10H16N.C5H14NO.2H2O/c1-11(2,3)9-10-7-5-4-6-8-10;1-6(2,3)4-5-7;;/h4-8H,9H2,1-3H3;7H,4-5H2,1-3H3;2*1H2/q2*+1;;/p-2. The quantitative estimate of drug-likeness (QED) is 0.846. The Morgan fingerprint density at radius 3 is 1.50 bits per heavy atom. The molecule has 5 heteroatoms. The Hall–Kier alpha value is -0.980. The number of hydrogen-bond acceptors (Lipinski definition) is 3. The highest BCUT2D eigenvalue weighted by Crippen LogP contribution is 2.05. The van der Waals surface area contributed by atoms with Crippen molar-refractivity contribution in [1.29, 1.82) is 0 Å². The molecule has 5 nitrogen and oxygen atoms in total. The monoisotopic (exact) mass is 288 g/mol. The van der Waals surface area contributed by atoms with E-state index >= 15 is 0 Å². The Morgan fingerprint density at radius 2 is 1.25 bits per heavy atom. The van der Waals surface area contributed by atoms with Crippen molar-refractivity contribution in [2.45, 2.75) is 6.54 Å². The van der Waals surface area contributed by atoms with Gasteiger partial charge in [0.05, 0.1) is 48.9 Å². The van der Waals surface area contributed by atoms with Crippen LogP contribution in [0.5, 0.6) is 0 Å². The molecule has 0 fully saturated rings. The first kappa shape index (κ1) is 24.1. The van der Waals surface area contributed by atoms with Crippen molar-refractivity contribution in [2.75, 3.05) is 55.4 Å². The van der Waals surface area contributed by atoms with Crippen molar-refractivity contribution in [3.63, 3.8) is 0 Å². The van der Waals surface area contributed by atoms with Crippen LogP contribution in [0.4, 0.5) is 0 Å². The lowest BCUT2D eigenvalue weighted by atomic mass is 10.2. The van der Waals surface area contributed by atoms with Crippen LogP contribution in [0, 0.1) is 0 Å². The molecule has 0 amide bonds. The second-order valence-electron chi connectivity index (χ2n) is 6.67. The number of rotatable bonds is 4. The van der Waals surface area contributed by atoms with Gasteiger partial charge >= 0.3 is 0 Å². The maximum absolute atomic E-state index is 8.39. The van der Waals surface area contributed by atoms with Gasteiger partial charge in [-0.1, -0.05) is 30.3 Å². The van der Waals surface area contributed by atoms with E-state index in [1.807, 2.05) is 0 Å². The van der Waals surface area contributed by atoms with Gasteiger partial charge < -0.3 is 25.0 Å². The first-order valence-corrected chi connectivity index (χ1v) is 6.40. The van der Waals surface area contributed by atoms with Crippen LogP contribution in [0.2, 0.25) is 0 Å². The maximum Gasteiger partial charge on any atom is 0.104 e. The summed E-state index contributed by atoms with van der Waals surface area (Å²) in [5.41, 5.74) is 1.40. The molecule has 0 saturated carbocycles. The minimum Gasteiger partial charge on any atom is -0.870 e. The Balaban J connectivity index is -0.000000286. The van der Waals surface area contributed by atoms with E-state index in [-0.39, 0.29) is 17.6 Å². The van der Waals surface area contributed by atoms with Crippen molar-refractivity contribution in [3.05, 3.63) is 35.9 Å². The smallest absolute Gasteiger partial charge is 0.104 e. The van der Waals surface area contributed by atoms with Crippen molar-refractivity contribution in [2.24, 2.45) is 0 Å². The Bertz CT molecular complexity index is 316. The molecule has 0 aliphatic carbocycles. The lowest BCUT2D eigenvalue weighted by Gasteiger charge is -2.23. The first-order chi connectivity index (χ1) is 8.14. The highest BCUT2D eigenvalue weighted by molar-refractivity contribution is 5.13. The molecular formula is C15H32N2O3. The van der Waals surface area contributed by atoms with Gasteiger partial charge in [0.1, 0.15) is 13.1 Å². The van der Waals surface area contributed by atoms with Gasteiger partial charge in [-0.3, -0.25) is 0 Å². The average Bonchev–Trinajstić information content (AvgIpc) is 2.15. The zero-order valence-electron chi connectivity index (χ0n) is 13.7. The van der Waals surface area contributed by atoms with Gasteiger partial charge in [-0.05, 0) is 0 Å². The number of nitrogens with zero attached hydrogens (tertiary/aromatic N) is 2. The summed E-state index contributed by atoms with van der Waals surface area (Å²) in [5.74, 6) is 0. The number of aliphatic hydroxyl groups is 1. The van der Waals surface area contributed by atoms with E-state index in [0.717, 1.165) is 22.1 Å². The number of aliphatic hydroxyl groups excluding tert-OH is 1. The zero-order chi connectivity index (χ0) is 14.2. The Labute approximate surface area is 123 Å². The van der Waals surface area contributed by atoms with E-state index in [9.17, 15) is 0 Å². The normalized spacial score (nSPS) is 10.6. The van der Waals surface area contributed by atoms with E-state index < -0.39 is 0 Å².